The maximum absolute atomic E-state index is 12.3. The van der Waals surface area contributed by atoms with Crippen molar-refractivity contribution in [2.45, 2.75) is 11.8 Å². The number of aryl methyl sites for hydroxylation is 1. The normalized spacial score (nSPS) is 11.2. The zero-order valence-electron chi connectivity index (χ0n) is 11.3. The molecular weight excluding hydrogens is 438 g/mol. The standard InChI is InChI=1S/C14H11Br2NO4S/c1-8-2-3-9(6-13(8)16)17-22(20,21)10-4-5-12(15)11(7-10)14(18)19/h2-7,17H,1H3,(H,18,19). The van der Waals surface area contributed by atoms with Gasteiger partial charge in [-0.15, -0.1) is 0 Å². The van der Waals surface area contributed by atoms with Crippen LogP contribution in [0.15, 0.2) is 50.2 Å². The highest BCUT2D eigenvalue weighted by molar-refractivity contribution is 9.10. The molecule has 0 bridgehead atoms. The average molecular weight is 449 g/mol. The van der Waals surface area contributed by atoms with E-state index in [2.05, 4.69) is 36.6 Å². The summed E-state index contributed by atoms with van der Waals surface area (Å²) in [7, 11) is -3.87. The van der Waals surface area contributed by atoms with E-state index in [0.29, 0.717) is 10.2 Å². The Kier molecular flexibility index (Phi) is 4.93. The van der Waals surface area contributed by atoms with Crippen molar-refractivity contribution in [3.8, 4) is 0 Å². The van der Waals surface area contributed by atoms with Crippen LogP contribution in [0.1, 0.15) is 15.9 Å². The molecular formula is C14H11Br2NO4S. The van der Waals surface area contributed by atoms with Gasteiger partial charge in [-0.3, -0.25) is 4.72 Å². The van der Waals surface area contributed by atoms with Gasteiger partial charge in [0, 0.05) is 14.6 Å². The number of hydrogen-bond acceptors (Lipinski definition) is 3. The molecule has 0 fully saturated rings. The number of carboxylic acids is 1. The van der Waals surface area contributed by atoms with Gasteiger partial charge >= 0.3 is 5.97 Å². The summed E-state index contributed by atoms with van der Waals surface area (Å²) < 4.78 is 28.2. The zero-order chi connectivity index (χ0) is 16.5. The first-order valence-corrected chi connectivity index (χ1v) is 9.09. The van der Waals surface area contributed by atoms with Crippen molar-refractivity contribution >= 4 is 53.5 Å². The van der Waals surface area contributed by atoms with Crippen molar-refractivity contribution in [1.29, 1.82) is 0 Å². The lowest BCUT2D eigenvalue weighted by Crippen LogP contribution is -2.14. The quantitative estimate of drug-likeness (QED) is 0.739. The minimum Gasteiger partial charge on any atom is -0.478 e. The van der Waals surface area contributed by atoms with Gasteiger partial charge < -0.3 is 5.11 Å². The van der Waals surface area contributed by atoms with Gasteiger partial charge in [-0.2, -0.15) is 0 Å². The summed E-state index contributed by atoms with van der Waals surface area (Å²) in [5, 5.41) is 9.06. The van der Waals surface area contributed by atoms with Gasteiger partial charge in [0.25, 0.3) is 10.0 Å². The van der Waals surface area contributed by atoms with Gasteiger partial charge in [-0.1, -0.05) is 22.0 Å². The van der Waals surface area contributed by atoms with E-state index in [-0.39, 0.29) is 10.5 Å². The van der Waals surface area contributed by atoms with E-state index < -0.39 is 16.0 Å². The fourth-order valence-electron chi connectivity index (χ4n) is 1.71. The van der Waals surface area contributed by atoms with Gasteiger partial charge in [0.05, 0.1) is 10.5 Å². The summed E-state index contributed by atoms with van der Waals surface area (Å²) in [6.45, 7) is 1.89. The molecule has 5 nitrogen and oxygen atoms in total. The molecule has 0 amide bonds. The Bertz CT molecular complexity index is 850. The predicted molar refractivity (Wildman–Crippen MR) is 90.8 cm³/mol. The number of carboxylic acid groups (broad SMARTS) is 1. The Morgan fingerprint density at radius 3 is 2.36 bits per heavy atom. The molecule has 0 radical (unpaired) electrons. The second-order valence-electron chi connectivity index (χ2n) is 4.52. The first kappa shape index (κ1) is 17.0. The van der Waals surface area contributed by atoms with E-state index in [1.54, 1.807) is 18.2 Å². The second-order valence-corrected chi connectivity index (χ2v) is 7.91. The molecule has 0 saturated heterocycles. The minimum atomic E-state index is -3.87. The van der Waals surface area contributed by atoms with Crippen LogP contribution in [0.25, 0.3) is 0 Å². The summed E-state index contributed by atoms with van der Waals surface area (Å²) in [5.41, 5.74) is 1.24. The monoisotopic (exact) mass is 447 g/mol. The van der Waals surface area contributed by atoms with E-state index in [9.17, 15) is 13.2 Å². The molecule has 0 aliphatic heterocycles. The number of benzene rings is 2. The van der Waals surface area contributed by atoms with Crippen LogP contribution in [0.2, 0.25) is 0 Å². The van der Waals surface area contributed by atoms with Crippen molar-refractivity contribution in [2.24, 2.45) is 0 Å². The van der Waals surface area contributed by atoms with Crippen molar-refractivity contribution < 1.29 is 18.3 Å². The van der Waals surface area contributed by atoms with Crippen molar-refractivity contribution in [3.05, 3.63) is 56.5 Å². The molecule has 2 N–H and O–H groups in total. The number of anilines is 1. The predicted octanol–water partition coefficient (Wildman–Crippen LogP) is 4.02. The van der Waals surface area contributed by atoms with E-state index in [4.69, 9.17) is 5.11 Å². The molecule has 2 aromatic carbocycles. The van der Waals surface area contributed by atoms with Gasteiger partial charge in [0.2, 0.25) is 0 Å². The smallest absolute Gasteiger partial charge is 0.336 e. The summed E-state index contributed by atoms with van der Waals surface area (Å²) in [4.78, 5) is 11.0. The lowest BCUT2D eigenvalue weighted by Gasteiger charge is -2.10. The van der Waals surface area contributed by atoms with Crippen LogP contribution in [0.3, 0.4) is 0 Å². The largest absolute Gasteiger partial charge is 0.478 e. The molecule has 0 aliphatic carbocycles. The van der Waals surface area contributed by atoms with Gasteiger partial charge in [-0.05, 0) is 58.7 Å². The topological polar surface area (TPSA) is 83.5 Å². The average Bonchev–Trinajstić information content (AvgIpc) is 2.42. The van der Waals surface area contributed by atoms with E-state index >= 15 is 0 Å². The van der Waals surface area contributed by atoms with Gasteiger partial charge in [0.1, 0.15) is 0 Å². The lowest BCUT2D eigenvalue weighted by atomic mass is 10.2. The summed E-state index contributed by atoms with van der Waals surface area (Å²) >= 11 is 6.41. The number of sulfonamides is 1. The number of carbonyl (C=O) groups is 1. The Balaban J connectivity index is 2.40. The third-order valence-corrected chi connectivity index (χ3v) is 5.83. The van der Waals surface area contributed by atoms with Crippen LogP contribution in [0.4, 0.5) is 5.69 Å². The Morgan fingerprint density at radius 2 is 1.77 bits per heavy atom. The first-order chi connectivity index (χ1) is 10.2. The first-order valence-electron chi connectivity index (χ1n) is 6.02. The van der Waals surface area contributed by atoms with Crippen LogP contribution in [0, 0.1) is 6.92 Å². The summed E-state index contributed by atoms with van der Waals surface area (Å²) in [6.07, 6.45) is 0. The van der Waals surface area contributed by atoms with Crippen molar-refractivity contribution in [1.82, 2.24) is 0 Å². The summed E-state index contributed by atoms with van der Waals surface area (Å²) in [6, 6.07) is 8.88. The highest BCUT2D eigenvalue weighted by atomic mass is 79.9. The van der Waals surface area contributed by atoms with E-state index in [0.717, 1.165) is 16.1 Å². The lowest BCUT2D eigenvalue weighted by molar-refractivity contribution is 0.0695. The highest BCUT2D eigenvalue weighted by Gasteiger charge is 2.18. The molecule has 22 heavy (non-hydrogen) atoms. The fraction of sp³-hybridized carbons (Fsp3) is 0.0714. The Morgan fingerprint density at radius 1 is 1.09 bits per heavy atom. The van der Waals surface area contributed by atoms with Gasteiger partial charge in [0.15, 0.2) is 0 Å². The van der Waals surface area contributed by atoms with Crippen LogP contribution in [-0.4, -0.2) is 19.5 Å². The number of nitrogens with one attached hydrogen (secondary N) is 1. The fourth-order valence-corrected chi connectivity index (χ4v) is 3.58. The zero-order valence-corrected chi connectivity index (χ0v) is 15.3. The third-order valence-electron chi connectivity index (χ3n) is 2.90. The maximum Gasteiger partial charge on any atom is 0.336 e. The molecule has 0 unspecified atom stereocenters. The van der Waals surface area contributed by atoms with E-state index in [1.165, 1.54) is 12.1 Å². The minimum absolute atomic E-state index is 0.118. The molecule has 2 aromatic rings. The van der Waals surface area contributed by atoms with Crippen LogP contribution >= 0.6 is 31.9 Å². The number of halogens is 2. The molecule has 116 valence electrons. The molecule has 0 spiro atoms. The number of rotatable bonds is 4. The molecule has 0 aliphatic rings. The van der Waals surface area contributed by atoms with Crippen molar-refractivity contribution in [2.75, 3.05) is 4.72 Å². The Labute approximate surface area is 144 Å². The SMILES string of the molecule is Cc1ccc(NS(=O)(=O)c2ccc(Br)c(C(=O)O)c2)cc1Br. The van der Waals surface area contributed by atoms with Crippen LogP contribution < -0.4 is 4.72 Å². The van der Waals surface area contributed by atoms with Crippen molar-refractivity contribution in [3.63, 3.8) is 0 Å². The molecule has 0 atom stereocenters. The number of aromatic carboxylic acids is 1. The number of hydrogen-bond donors (Lipinski definition) is 2. The third kappa shape index (κ3) is 3.68. The molecule has 2 rings (SSSR count). The molecule has 0 heterocycles. The Hall–Kier alpha value is -1.38. The van der Waals surface area contributed by atoms with Crippen LogP contribution in [-0.2, 0) is 10.0 Å². The highest BCUT2D eigenvalue weighted by Crippen LogP contribution is 2.25. The summed E-state index contributed by atoms with van der Waals surface area (Å²) in [5.74, 6) is -1.21. The van der Waals surface area contributed by atoms with E-state index in [1.807, 2.05) is 6.92 Å². The van der Waals surface area contributed by atoms with Gasteiger partial charge in [-0.25, -0.2) is 13.2 Å². The molecule has 0 aromatic heterocycles. The molecule has 8 heteroatoms. The maximum atomic E-state index is 12.3. The second kappa shape index (κ2) is 6.39. The van der Waals surface area contributed by atoms with Crippen LogP contribution in [0.5, 0.6) is 0 Å². The molecule has 0 saturated carbocycles.